The Balaban J connectivity index is 1.54. The summed E-state index contributed by atoms with van der Waals surface area (Å²) in [5, 5.41) is 3.40. The van der Waals surface area contributed by atoms with Crippen molar-refractivity contribution in [2.24, 2.45) is 0 Å². The number of hydrogen-bond acceptors (Lipinski definition) is 3. The summed E-state index contributed by atoms with van der Waals surface area (Å²) < 4.78 is 18.6. The molecule has 144 valence electrons. The molecule has 3 rings (SSSR count). The molecule has 1 saturated heterocycles. The van der Waals surface area contributed by atoms with E-state index < -0.39 is 5.82 Å². The summed E-state index contributed by atoms with van der Waals surface area (Å²) in [7, 11) is 1.64. The molecule has 1 fully saturated rings. The lowest BCUT2D eigenvalue weighted by Crippen LogP contribution is -2.49. The highest BCUT2D eigenvalue weighted by molar-refractivity contribution is 6.31. The van der Waals surface area contributed by atoms with Crippen LogP contribution < -0.4 is 10.1 Å². The van der Waals surface area contributed by atoms with Crippen LogP contribution in [0.4, 0.5) is 14.9 Å². The SMILES string of the molecule is COc1ccc(Cl)cc1CN1CCN(C(=O)Nc2ccc(F)c(Cl)c2)CC1. The van der Waals surface area contributed by atoms with Gasteiger partial charge in [0.15, 0.2) is 0 Å². The van der Waals surface area contributed by atoms with E-state index in [-0.39, 0.29) is 11.1 Å². The molecule has 0 bridgehead atoms. The van der Waals surface area contributed by atoms with Crippen LogP contribution in [-0.4, -0.2) is 49.1 Å². The fourth-order valence-corrected chi connectivity index (χ4v) is 3.37. The molecule has 2 aromatic rings. The van der Waals surface area contributed by atoms with Gasteiger partial charge in [-0.1, -0.05) is 23.2 Å². The van der Waals surface area contributed by atoms with Crippen LogP contribution in [0.3, 0.4) is 0 Å². The van der Waals surface area contributed by atoms with Crippen LogP contribution in [0, 0.1) is 5.82 Å². The van der Waals surface area contributed by atoms with Gasteiger partial charge in [-0.15, -0.1) is 0 Å². The van der Waals surface area contributed by atoms with Crippen molar-refractivity contribution in [1.29, 1.82) is 0 Å². The molecule has 5 nitrogen and oxygen atoms in total. The number of carbonyl (C=O) groups excluding carboxylic acids is 1. The second-order valence-electron chi connectivity index (χ2n) is 6.28. The topological polar surface area (TPSA) is 44.8 Å². The molecule has 2 aromatic carbocycles. The summed E-state index contributed by atoms with van der Waals surface area (Å²) in [6, 6.07) is 9.45. The van der Waals surface area contributed by atoms with E-state index in [0.29, 0.717) is 30.3 Å². The monoisotopic (exact) mass is 411 g/mol. The Morgan fingerprint density at radius 3 is 2.56 bits per heavy atom. The fraction of sp³-hybridized carbons (Fsp3) is 0.316. The van der Waals surface area contributed by atoms with Crippen molar-refractivity contribution in [2.75, 3.05) is 38.6 Å². The predicted molar refractivity (Wildman–Crippen MR) is 105 cm³/mol. The largest absolute Gasteiger partial charge is 0.496 e. The van der Waals surface area contributed by atoms with Gasteiger partial charge < -0.3 is 15.0 Å². The number of hydrogen-bond donors (Lipinski definition) is 1. The number of anilines is 1. The van der Waals surface area contributed by atoms with Crippen LogP contribution in [0.1, 0.15) is 5.56 Å². The van der Waals surface area contributed by atoms with Crippen LogP contribution in [-0.2, 0) is 6.54 Å². The number of nitrogens with zero attached hydrogens (tertiary/aromatic N) is 2. The van der Waals surface area contributed by atoms with E-state index in [2.05, 4.69) is 10.2 Å². The third-order valence-electron chi connectivity index (χ3n) is 4.47. The zero-order valence-electron chi connectivity index (χ0n) is 14.8. The number of nitrogens with one attached hydrogen (secondary N) is 1. The predicted octanol–water partition coefficient (Wildman–Crippen LogP) is 4.49. The summed E-state index contributed by atoms with van der Waals surface area (Å²) >= 11 is 11.8. The van der Waals surface area contributed by atoms with Crippen molar-refractivity contribution < 1.29 is 13.9 Å². The molecule has 0 atom stereocenters. The van der Waals surface area contributed by atoms with Gasteiger partial charge in [0, 0.05) is 49.0 Å². The van der Waals surface area contributed by atoms with Gasteiger partial charge in [0.1, 0.15) is 11.6 Å². The summed E-state index contributed by atoms with van der Waals surface area (Å²) in [4.78, 5) is 16.4. The van der Waals surface area contributed by atoms with E-state index in [1.165, 1.54) is 18.2 Å². The van der Waals surface area contributed by atoms with Gasteiger partial charge in [-0.05, 0) is 36.4 Å². The van der Waals surface area contributed by atoms with Gasteiger partial charge >= 0.3 is 6.03 Å². The van der Waals surface area contributed by atoms with Gasteiger partial charge in [0.25, 0.3) is 0 Å². The van der Waals surface area contributed by atoms with E-state index in [0.717, 1.165) is 24.4 Å². The average molecular weight is 412 g/mol. The maximum absolute atomic E-state index is 13.2. The molecule has 0 aliphatic carbocycles. The molecule has 27 heavy (non-hydrogen) atoms. The van der Waals surface area contributed by atoms with Gasteiger partial charge in [-0.25, -0.2) is 9.18 Å². The third kappa shape index (κ3) is 5.03. The van der Waals surface area contributed by atoms with E-state index in [1.54, 1.807) is 18.1 Å². The Morgan fingerprint density at radius 1 is 1.15 bits per heavy atom. The highest BCUT2D eigenvalue weighted by Gasteiger charge is 2.22. The van der Waals surface area contributed by atoms with Crippen molar-refractivity contribution in [3.05, 3.63) is 57.8 Å². The molecule has 1 heterocycles. The van der Waals surface area contributed by atoms with Gasteiger partial charge in [0.05, 0.1) is 12.1 Å². The molecule has 0 saturated carbocycles. The molecule has 0 aromatic heterocycles. The molecule has 1 N–H and O–H groups in total. The molecule has 1 aliphatic heterocycles. The van der Waals surface area contributed by atoms with Crippen molar-refractivity contribution in [1.82, 2.24) is 9.80 Å². The highest BCUT2D eigenvalue weighted by Crippen LogP contribution is 2.25. The molecule has 0 spiro atoms. The zero-order chi connectivity index (χ0) is 19.4. The lowest BCUT2D eigenvalue weighted by molar-refractivity contribution is 0.142. The maximum Gasteiger partial charge on any atom is 0.321 e. The summed E-state index contributed by atoms with van der Waals surface area (Å²) in [5.74, 6) is 0.285. The summed E-state index contributed by atoms with van der Waals surface area (Å²) in [6.07, 6.45) is 0. The minimum absolute atomic E-state index is 0.0203. The fourth-order valence-electron chi connectivity index (χ4n) is 3.00. The lowest BCUT2D eigenvalue weighted by atomic mass is 10.1. The molecule has 8 heteroatoms. The molecule has 1 aliphatic rings. The van der Waals surface area contributed by atoms with Gasteiger partial charge in [-0.2, -0.15) is 0 Å². The normalized spacial score (nSPS) is 14.9. The second-order valence-corrected chi connectivity index (χ2v) is 7.12. The number of benzene rings is 2. The first-order chi connectivity index (χ1) is 13.0. The minimum atomic E-state index is -0.514. The van der Waals surface area contributed by atoms with E-state index >= 15 is 0 Å². The number of methoxy groups -OCH3 is 1. The Labute approximate surface area is 167 Å². The van der Waals surface area contributed by atoms with Crippen molar-refractivity contribution >= 4 is 34.9 Å². The molecule has 0 unspecified atom stereocenters. The lowest BCUT2D eigenvalue weighted by Gasteiger charge is -2.35. The molecular weight excluding hydrogens is 392 g/mol. The average Bonchev–Trinajstić information content (AvgIpc) is 2.65. The van der Waals surface area contributed by atoms with Crippen molar-refractivity contribution in [2.45, 2.75) is 6.54 Å². The van der Waals surface area contributed by atoms with Crippen molar-refractivity contribution in [3.63, 3.8) is 0 Å². The molecule has 0 radical (unpaired) electrons. The first kappa shape index (κ1) is 19.7. The second kappa shape index (κ2) is 8.78. The Morgan fingerprint density at radius 2 is 1.89 bits per heavy atom. The number of rotatable bonds is 4. The van der Waals surface area contributed by atoms with Crippen LogP contribution in [0.25, 0.3) is 0 Å². The van der Waals surface area contributed by atoms with Crippen LogP contribution in [0.2, 0.25) is 10.0 Å². The van der Waals surface area contributed by atoms with E-state index in [9.17, 15) is 9.18 Å². The first-order valence-corrected chi connectivity index (χ1v) is 9.27. The van der Waals surface area contributed by atoms with Gasteiger partial charge in [-0.3, -0.25) is 4.90 Å². The number of ether oxygens (including phenoxy) is 1. The highest BCUT2D eigenvalue weighted by atomic mass is 35.5. The number of carbonyl (C=O) groups is 1. The number of amides is 2. The smallest absolute Gasteiger partial charge is 0.321 e. The zero-order valence-corrected chi connectivity index (χ0v) is 16.4. The summed E-state index contributed by atoms with van der Waals surface area (Å²) in [6.45, 7) is 3.33. The minimum Gasteiger partial charge on any atom is -0.496 e. The summed E-state index contributed by atoms with van der Waals surface area (Å²) in [5.41, 5.74) is 1.49. The van der Waals surface area contributed by atoms with Gasteiger partial charge in [0.2, 0.25) is 0 Å². The van der Waals surface area contributed by atoms with Crippen molar-refractivity contribution in [3.8, 4) is 5.75 Å². The maximum atomic E-state index is 13.2. The first-order valence-electron chi connectivity index (χ1n) is 8.52. The van der Waals surface area contributed by atoms with E-state index in [1.807, 2.05) is 12.1 Å². The third-order valence-corrected chi connectivity index (χ3v) is 4.99. The van der Waals surface area contributed by atoms with E-state index in [4.69, 9.17) is 27.9 Å². The quantitative estimate of drug-likeness (QED) is 0.805. The Hall–Kier alpha value is -2.02. The number of piperazine rings is 1. The molecule has 2 amide bonds. The Kier molecular flexibility index (Phi) is 6.42. The number of halogens is 3. The standard InChI is InChI=1S/C19H20Cl2FN3O2/c1-27-18-5-2-14(20)10-13(18)12-24-6-8-25(9-7-24)19(26)23-15-3-4-17(22)16(21)11-15/h2-5,10-11H,6-9,12H2,1H3,(H,23,26). The van der Waals surface area contributed by atoms with Crippen LogP contribution in [0.5, 0.6) is 5.75 Å². The number of urea groups is 1. The van der Waals surface area contributed by atoms with Crippen LogP contribution >= 0.6 is 23.2 Å². The Bertz CT molecular complexity index is 827. The molecular formula is C19H20Cl2FN3O2. The van der Waals surface area contributed by atoms with Crippen LogP contribution in [0.15, 0.2) is 36.4 Å².